The van der Waals surface area contributed by atoms with Gasteiger partial charge in [0.15, 0.2) is 0 Å². The average molecular weight is 236 g/mol. The van der Waals surface area contributed by atoms with Crippen molar-refractivity contribution in [1.29, 1.82) is 0 Å². The number of ether oxygens (including phenoxy) is 2. The van der Waals surface area contributed by atoms with Crippen molar-refractivity contribution in [1.82, 2.24) is 0 Å². The van der Waals surface area contributed by atoms with Gasteiger partial charge in [0.1, 0.15) is 6.10 Å². The summed E-state index contributed by atoms with van der Waals surface area (Å²) in [4.78, 5) is 0. The Balaban J connectivity index is 1.86. The van der Waals surface area contributed by atoms with Crippen LogP contribution in [0.5, 0.6) is 0 Å². The lowest BCUT2D eigenvalue weighted by Crippen LogP contribution is -2.45. The highest BCUT2D eigenvalue weighted by atomic mass is 16.5. The highest BCUT2D eigenvalue weighted by molar-refractivity contribution is 5.13. The van der Waals surface area contributed by atoms with E-state index in [-0.39, 0.29) is 12.0 Å². The fourth-order valence-electron chi connectivity index (χ4n) is 2.12. The van der Waals surface area contributed by atoms with E-state index in [1.807, 2.05) is 30.3 Å². The van der Waals surface area contributed by atoms with Crippen molar-refractivity contribution in [3.8, 4) is 0 Å². The van der Waals surface area contributed by atoms with Crippen LogP contribution in [0.1, 0.15) is 18.9 Å². The van der Waals surface area contributed by atoms with Crippen molar-refractivity contribution in [2.75, 3.05) is 13.2 Å². The van der Waals surface area contributed by atoms with E-state index >= 15 is 0 Å². The molecule has 1 aliphatic heterocycles. The SMILES string of the molecule is CC[C@H]1COCC(OCc2ccccc2)[C@H]1O. The third-order valence-corrected chi connectivity index (χ3v) is 3.31. The first-order valence-electron chi connectivity index (χ1n) is 6.22. The molecule has 1 aromatic carbocycles. The molecule has 1 fully saturated rings. The van der Waals surface area contributed by atoms with E-state index < -0.39 is 6.10 Å². The van der Waals surface area contributed by atoms with E-state index in [9.17, 15) is 5.11 Å². The van der Waals surface area contributed by atoms with Gasteiger partial charge in [0.05, 0.1) is 25.9 Å². The van der Waals surface area contributed by atoms with E-state index in [0.717, 1.165) is 12.0 Å². The zero-order chi connectivity index (χ0) is 12.1. The van der Waals surface area contributed by atoms with Crippen molar-refractivity contribution in [2.45, 2.75) is 32.2 Å². The molecule has 3 atom stereocenters. The van der Waals surface area contributed by atoms with Crippen LogP contribution in [0.3, 0.4) is 0 Å². The zero-order valence-electron chi connectivity index (χ0n) is 10.2. The molecule has 0 radical (unpaired) electrons. The molecule has 0 spiro atoms. The summed E-state index contributed by atoms with van der Waals surface area (Å²) < 4.78 is 11.2. The van der Waals surface area contributed by atoms with Crippen LogP contribution in [0.4, 0.5) is 0 Å². The van der Waals surface area contributed by atoms with Gasteiger partial charge in [-0.25, -0.2) is 0 Å². The maximum absolute atomic E-state index is 10.1. The summed E-state index contributed by atoms with van der Waals surface area (Å²) in [6, 6.07) is 10.00. The summed E-state index contributed by atoms with van der Waals surface area (Å²) in [5.41, 5.74) is 1.12. The van der Waals surface area contributed by atoms with Gasteiger partial charge in [0, 0.05) is 5.92 Å². The molecule has 0 aliphatic carbocycles. The molecule has 1 saturated heterocycles. The van der Waals surface area contributed by atoms with Crippen LogP contribution in [0, 0.1) is 5.92 Å². The van der Waals surface area contributed by atoms with Crippen LogP contribution in [0.15, 0.2) is 30.3 Å². The number of hydrogen-bond donors (Lipinski definition) is 1. The van der Waals surface area contributed by atoms with Gasteiger partial charge in [-0.05, 0) is 12.0 Å². The summed E-state index contributed by atoms with van der Waals surface area (Å²) in [5.74, 6) is 0.199. The summed E-state index contributed by atoms with van der Waals surface area (Å²) in [6.45, 7) is 3.73. The lowest BCUT2D eigenvalue weighted by molar-refractivity contribution is -0.150. The first-order chi connectivity index (χ1) is 8.31. The molecule has 0 amide bonds. The molecule has 94 valence electrons. The standard InChI is InChI=1S/C14H20O3/c1-2-12-9-16-10-13(14(12)15)17-8-11-6-4-3-5-7-11/h3-7,12-15H,2,8-10H2,1H3/t12-,13?,14-/m0/s1. The van der Waals surface area contributed by atoms with Crippen LogP contribution < -0.4 is 0 Å². The summed E-state index contributed by atoms with van der Waals surface area (Å²) in [5, 5.41) is 10.1. The van der Waals surface area contributed by atoms with Gasteiger partial charge in [-0.3, -0.25) is 0 Å². The maximum atomic E-state index is 10.1. The number of aliphatic hydroxyl groups excluding tert-OH is 1. The molecule has 17 heavy (non-hydrogen) atoms. The monoisotopic (exact) mass is 236 g/mol. The molecule has 1 unspecified atom stereocenters. The highest BCUT2D eigenvalue weighted by Gasteiger charge is 2.32. The second-order valence-corrected chi connectivity index (χ2v) is 4.53. The van der Waals surface area contributed by atoms with Crippen LogP contribution in [0.2, 0.25) is 0 Å². The largest absolute Gasteiger partial charge is 0.390 e. The van der Waals surface area contributed by atoms with Crippen molar-refractivity contribution < 1.29 is 14.6 Å². The van der Waals surface area contributed by atoms with Crippen molar-refractivity contribution in [2.24, 2.45) is 5.92 Å². The zero-order valence-corrected chi connectivity index (χ0v) is 10.2. The third kappa shape index (κ3) is 3.28. The Kier molecular flexibility index (Phi) is 4.54. The molecule has 3 nitrogen and oxygen atoms in total. The van der Waals surface area contributed by atoms with E-state index in [1.165, 1.54) is 0 Å². The molecule has 3 heteroatoms. The molecule has 2 rings (SSSR count). The minimum Gasteiger partial charge on any atom is -0.390 e. The molecule has 1 aromatic rings. The highest BCUT2D eigenvalue weighted by Crippen LogP contribution is 2.21. The molecule has 1 aliphatic rings. The second kappa shape index (κ2) is 6.15. The topological polar surface area (TPSA) is 38.7 Å². The number of rotatable bonds is 4. The van der Waals surface area contributed by atoms with E-state index in [2.05, 4.69) is 6.92 Å². The van der Waals surface area contributed by atoms with Gasteiger partial charge in [-0.2, -0.15) is 0 Å². The Morgan fingerprint density at radius 1 is 1.29 bits per heavy atom. The Labute approximate surface area is 102 Å². The van der Waals surface area contributed by atoms with E-state index in [4.69, 9.17) is 9.47 Å². The second-order valence-electron chi connectivity index (χ2n) is 4.53. The van der Waals surface area contributed by atoms with Crippen LogP contribution in [-0.2, 0) is 16.1 Å². The van der Waals surface area contributed by atoms with Crippen LogP contribution in [0.25, 0.3) is 0 Å². The summed E-state index contributed by atoms with van der Waals surface area (Å²) >= 11 is 0. The maximum Gasteiger partial charge on any atom is 0.107 e. The lowest BCUT2D eigenvalue weighted by Gasteiger charge is -2.34. The molecular weight excluding hydrogens is 216 g/mol. The van der Waals surface area contributed by atoms with E-state index in [0.29, 0.717) is 19.8 Å². The fraction of sp³-hybridized carbons (Fsp3) is 0.571. The van der Waals surface area contributed by atoms with Gasteiger partial charge < -0.3 is 14.6 Å². The molecular formula is C14H20O3. The van der Waals surface area contributed by atoms with Crippen molar-refractivity contribution >= 4 is 0 Å². The van der Waals surface area contributed by atoms with Gasteiger partial charge >= 0.3 is 0 Å². The fourth-order valence-corrected chi connectivity index (χ4v) is 2.12. The molecule has 1 heterocycles. The third-order valence-electron chi connectivity index (χ3n) is 3.31. The van der Waals surface area contributed by atoms with Gasteiger partial charge in [-0.1, -0.05) is 37.3 Å². The minimum absolute atomic E-state index is 0.199. The molecule has 0 aromatic heterocycles. The number of hydrogen-bond acceptors (Lipinski definition) is 3. The summed E-state index contributed by atoms with van der Waals surface area (Å²) in [7, 11) is 0. The van der Waals surface area contributed by atoms with Crippen molar-refractivity contribution in [3.05, 3.63) is 35.9 Å². The Morgan fingerprint density at radius 3 is 2.76 bits per heavy atom. The number of benzene rings is 1. The first kappa shape index (κ1) is 12.6. The predicted molar refractivity (Wildman–Crippen MR) is 65.6 cm³/mol. The number of aliphatic hydroxyl groups is 1. The van der Waals surface area contributed by atoms with E-state index in [1.54, 1.807) is 0 Å². The predicted octanol–water partition coefficient (Wildman–Crippen LogP) is 1.99. The average Bonchev–Trinajstić information content (AvgIpc) is 2.39. The Bertz CT molecular complexity index is 325. The van der Waals surface area contributed by atoms with Gasteiger partial charge in [0.2, 0.25) is 0 Å². The van der Waals surface area contributed by atoms with Crippen LogP contribution >= 0.6 is 0 Å². The quantitative estimate of drug-likeness (QED) is 0.869. The Hall–Kier alpha value is -0.900. The van der Waals surface area contributed by atoms with Crippen molar-refractivity contribution in [3.63, 3.8) is 0 Å². The smallest absolute Gasteiger partial charge is 0.107 e. The van der Waals surface area contributed by atoms with Gasteiger partial charge in [0.25, 0.3) is 0 Å². The lowest BCUT2D eigenvalue weighted by atomic mass is 9.94. The molecule has 0 saturated carbocycles. The molecule has 0 bridgehead atoms. The molecule has 1 N–H and O–H groups in total. The normalized spacial score (nSPS) is 29.2. The first-order valence-corrected chi connectivity index (χ1v) is 6.22. The summed E-state index contributed by atoms with van der Waals surface area (Å²) in [6.07, 6.45) is 0.318. The minimum atomic E-state index is -0.405. The van der Waals surface area contributed by atoms with Gasteiger partial charge in [-0.15, -0.1) is 0 Å². The Morgan fingerprint density at radius 2 is 2.06 bits per heavy atom. The van der Waals surface area contributed by atoms with Crippen LogP contribution in [-0.4, -0.2) is 30.5 Å².